The molecule has 0 bridgehead atoms. The Hall–Kier alpha value is -3.46. The van der Waals surface area contributed by atoms with Crippen molar-refractivity contribution >= 4 is 43.3 Å². The van der Waals surface area contributed by atoms with Gasteiger partial charge in [-0.2, -0.15) is 5.26 Å². The summed E-state index contributed by atoms with van der Waals surface area (Å²) in [7, 11) is 2.13. The minimum Gasteiger partial charge on any atom is -0.389 e. The molecule has 0 aliphatic carbocycles. The Morgan fingerprint density at radius 2 is 1.86 bits per heavy atom. The van der Waals surface area contributed by atoms with Crippen LogP contribution in [-0.4, -0.2) is 53.1 Å². The Kier molecular flexibility index (Phi) is 4.70. The van der Waals surface area contributed by atoms with E-state index in [1.807, 2.05) is 6.07 Å². The number of hydrogen-bond donors (Lipinski definition) is 1. The number of fused-ring (bicyclic) bond motifs is 5. The fourth-order valence-electron chi connectivity index (χ4n) is 6.08. The first kappa shape index (κ1) is 21.8. The van der Waals surface area contributed by atoms with Crippen LogP contribution in [0.5, 0.6) is 0 Å². The molecule has 0 spiro atoms. The van der Waals surface area contributed by atoms with Crippen LogP contribution >= 0.6 is 11.3 Å². The minimum absolute atomic E-state index is 0.0983. The Morgan fingerprint density at radius 1 is 1.11 bits per heavy atom. The van der Waals surface area contributed by atoms with Gasteiger partial charge in [-0.1, -0.05) is 0 Å². The number of thiophene rings is 1. The highest BCUT2D eigenvalue weighted by molar-refractivity contribution is 7.23. The van der Waals surface area contributed by atoms with Gasteiger partial charge in [-0.15, -0.1) is 11.3 Å². The summed E-state index contributed by atoms with van der Waals surface area (Å²) >= 11 is 0.960. The van der Waals surface area contributed by atoms with E-state index in [0.29, 0.717) is 28.7 Å². The first-order valence-electron chi connectivity index (χ1n) is 11.7. The Bertz CT molecular complexity index is 1620. The summed E-state index contributed by atoms with van der Waals surface area (Å²) in [6, 6.07) is 2.04. The summed E-state index contributed by atoms with van der Waals surface area (Å²) in [4.78, 5) is 18.0. The molecule has 0 unspecified atom stereocenters. The summed E-state index contributed by atoms with van der Waals surface area (Å²) in [5.74, 6) is 0.418. The van der Waals surface area contributed by atoms with E-state index < -0.39 is 11.6 Å². The largest absolute Gasteiger partial charge is 0.389 e. The van der Waals surface area contributed by atoms with Crippen molar-refractivity contribution in [2.75, 3.05) is 43.9 Å². The van der Waals surface area contributed by atoms with Gasteiger partial charge in [-0.05, 0) is 30.0 Å². The molecule has 0 saturated carbocycles. The van der Waals surface area contributed by atoms with Crippen molar-refractivity contribution in [1.29, 1.82) is 5.26 Å². The first-order chi connectivity index (χ1) is 17.4. The molecule has 0 radical (unpaired) electrons. The number of benzene rings is 1. The zero-order valence-electron chi connectivity index (χ0n) is 19.4. The van der Waals surface area contributed by atoms with Crippen LogP contribution < -0.4 is 10.6 Å². The van der Waals surface area contributed by atoms with Crippen molar-refractivity contribution < 1.29 is 13.5 Å². The van der Waals surface area contributed by atoms with Crippen LogP contribution in [0.1, 0.15) is 16.7 Å². The number of halogens is 2. The number of likely N-dealkylation sites (tertiary alicyclic amines) is 1. The van der Waals surface area contributed by atoms with E-state index in [2.05, 4.69) is 26.8 Å². The van der Waals surface area contributed by atoms with Crippen LogP contribution in [-0.2, 0) is 18.0 Å². The van der Waals surface area contributed by atoms with Gasteiger partial charge in [0.15, 0.2) is 11.6 Å². The first-order valence-corrected chi connectivity index (χ1v) is 12.5. The lowest BCUT2D eigenvalue weighted by atomic mass is 9.94. The average Bonchev–Trinajstić information content (AvgIpc) is 3.62. The van der Waals surface area contributed by atoms with Crippen LogP contribution in [0.4, 0.5) is 19.7 Å². The lowest BCUT2D eigenvalue weighted by molar-refractivity contribution is 0.135. The SMILES string of the molecule is CN1C[C@@H]2CN(c3ncc4c5c(c(-c6ncc(F)c7sc(N)c(C#N)c67)c(F)c4n3)COC5)C[C@@H]2C1. The fourth-order valence-corrected chi connectivity index (χ4v) is 7.00. The third-order valence-electron chi connectivity index (χ3n) is 7.68. The summed E-state index contributed by atoms with van der Waals surface area (Å²) in [5, 5.41) is 10.7. The molecule has 3 aromatic heterocycles. The highest BCUT2D eigenvalue weighted by atomic mass is 32.1. The monoisotopic (exact) mass is 505 g/mol. The predicted octanol–water partition coefficient (Wildman–Crippen LogP) is 3.67. The number of hydrogen-bond acceptors (Lipinski definition) is 9. The van der Waals surface area contributed by atoms with Crippen LogP contribution in [0.25, 0.3) is 32.2 Å². The number of nitriles is 1. The molecule has 8 nitrogen and oxygen atoms in total. The van der Waals surface area contributed by atoms with Crippen molar-refractivity contribution in [3.8, 4) is 17.3 Å². The van der Waals surface area contributed by atoms with Gasteiger partial charge in [0, 0.05) is 48.7 Å². The lowest BCUT2D eigenvalue weighted by Gasteiger charge is -2.20. The van der Waals surface area contributed by atoms with E-state index in [1.165, 1.54) is 0 Å². The molecule has 11 heteroatoms. The average molecular weight is 506 g/mol. The van der Waals surface area contributed by atoms with E-state index in [9.17, 15) is 9.65 Å². The number of anilines is 2. The number of ether oxygens (including phenoxy) is 1. The van der Waals surface area contributed by atoms with E-state index in [-0.39, 0.29) is 50.6 Å². The van der Waals surface area contributed by atoms with E-state index in [0.717, 1.165) is 49.3 Å². The Balaban J connectivity index is 1.44. The normalized spacial score (nSPS) is 21.4. The van der Waals surface area contributed by atoms with Crippen LogP contribution in [0.3, 0.4) is 0 Å². The zero-order valence-corrected chi connectivity index (χ0v) is 20.2. The Labute approximate surface area is 208 Å². The predicted molar refractivity (Wildman–Crippen MR) is 132 cm³/mol. The zero-order chi connectivity index (χ0) is 24.7. The van der Waals surface area contributed by atoms with E-state index >= 15 is 4.39 Å². The molecule has 3 aliphatic rings. The molecule has 182 valence electrons. The molecular weight excluding hydrogens is 484 g/mol. The standard InChI is InChI=1S/C25H21F2N7OS/c1-33-5-11-7-34(8-12(11)6-33)25-31-3-14-15-9-35-10-16(15)18(20(27)21(14)32-25)22-19-13(2-28)24(29)36-23(19)17(26)4-30-22/h3-4,11-12H,5-10,29H2,1H3/t11-,12+. The Morgan fingerprint density at radius 3 is 2.61 bits per heavy atom. The van der Waals surface area contributed by atoms with Crippen LogP contribution in [0.15, 0.2) is 12.4 Å². The van der Waals surface area contributed by atoms with Gasteiger partial charge in [0.25, 0.3) is 0 Å². The molecule has 36 heavy (non-hydrogen) atoms. The molecule has 2 N–H and O–H groups in total. The number of nitrogens with two attached hydrogens (primary N) is 1. The van der Waals surface area contributed by atoms with Gasteiger partial charge in [-0.3, -0.25) is 4.98 Å². The topological polar surface area (TPSA) is 104 Å². The molecule has 7 rings (SSSR count). The highest BCUT2D eigenvalue weighted by Gasteiger charge is 2.40. The molecule has 6 heterocycles. The second kappa shape index (κ2) is 7.77. The van der Waals surface area contributed by atoms with Gasteiger partial charge in [0.05, 0.1) is 35.4 Å². The van der Waals surface area contributed by atoms with Crippen molar-refractivity contribution in [2.45, 2.75) is 13.2 Å². The minimum atomic E-state index is -0.601. The summed E-state index contributed by atoms with van der Waals surface area (Å²) in [6.07, 6.45) is 2.72. The molecule has 3 aliphatic heterocycles. The van der Waals surface area contributed by atoms with Crippen molar-refractivity contribution in [1.82, 2.24) is 19.9 Å². The summed E-state index contributed by atoms with van der Waals surface area (Å²) in [6.45, 7) is 4.20. The molecule has 2 saturated heterocycles. The maximum absolute atomic E-state index is 16.4. The summed E-state index contributed by atoms with van der Waals surface area (Å²) < 4.78 is 36.9. The number of rotatable bonds is 2. The molecule has 2 fully saturated rings. The summed E-state index contributed by atoms with van der Waals surface area (Å²) in [5.41, 5.74) is 8.04. The third-order valence-corrected chi connectivity index (χ3v) is 8.71. The molecular formula is C25H21F2N7OS. The molecule has 1 aromatic carbocycles. The van der Waals surface area contributed by atoms with Crippen molar-refractivity contribution in [3.05, 3.63) is 40.7 Å². The number of nitrogen functional groups attached to an aromatic ring is 1. The van der Waals surface area contributed by atoms with Gasteiger partial charge in [0.2, 0.25) is 5.95 Å². The van der Waals surface area contributed by atoms with Gasteiger partial charge in [0.1, 0.15) is 16.6 Å². The van der Waals surface area contributed by atoms with E-state index in [1.54, 1.807) is 6.20 Å². The van der Waals surface area contributed by atoms with Gasteiger partial charge >= 0.3 is 0 Å². The smallest absolute Gasteiger partial charge is 0.225 e. The van der Waals surface area contributed by atoms with Gasteiger partial charge in [-0.25, -0.2) is 18.7 Å². The van der Waals surface area contributed by atoms with Crippen molar-refractivity contribution in [3.63, 3.8) is 0 Å². The quantitative estimate of drug-likeness (QED) is 0.440. The maximum atomic E-state index is 16.4. The molecule has 0 amide bonds. The molecule has 4 aromatic rings. The maximum Gasteiger partial charge on any atom is 0.225 e. The second-order valence-corrected chi connectivity index (χ2v) is 10.9. The number of aromatic nitrogens is 3. The highest BCUT2D eigenvalue weighted by Crippen LogP contribution is 2.45. The van der Waals surface area contributed by atoms with Crippen LogP contribution in [0, 0.1) is 34.8 Å². The lowest BCUT2D eigenvalue weighted by Crippen LogP contribution is -2.28. The number of nitrogens with zero attached hydrogens (tertiary/aromatic N) is 6. The molecule has 2 atom stereocenters. The van der Waals surface area contributed by atoms with Gasteiger partial charge < -0.3 is 20.3 Å². The fraction of sp³-hybridized carbons (Fsp3) is 0.360. The van der Waals surface area contributed by atoms with Crippen LogP contribution in [0.2, 0.25) is 0 Å². The second-order valence-electron chi connectivity index (χ2n) is 9.83. The van der Waals surface area contributed by atoms with Crippen molar-refractivity contribution in [2.24, 2.45) is 11.8 Å². The number of pyridine rings is 1. The third kappa shape index (κ3) is 2.98. The van der Waals surface area contributed by atoms with E-state index in [4.69, 9.17) is 15.5 Å².